The third-order valence-electron chi connectivity index (χ3n) is 1.80. The van der Waals surface area contributed by atoms with Gasteiger partial charge in [0.15, 0.2) is 0 Å². The van der Waals surface area contributed by atoms with Crippen LogP contribution in [0.2, 0.25) is 0 Å². The summed E-state index contributed by atoms with van der Waals surface area (Å²) >= 11 is 0. The molecule has 4 heteroatoms. The molecule has 1 aromatic rings. The molecule has 1 N–H and O–H groups in total. The van der Waals surface area contributed by atoms with E-state index in [1.165, 1.54) is 0 Å². The third kappa shape index (κ3) is 0.991. The van der Waals surface area contributed by atoms with Crippen molar-refractivity contribution in [3.8, 4) is 5.88 Å². The second kappa shape index (κ2) is 2.54. The molecule has 4 nitrogen and oxygen atoms in total. The van der Waals surface area contributed by atoms with Gasteiger partial charge in [-0.2, -0.15) is 0 Å². The maximum Gasteiger partial charge on any atom is 0.214 e. The average molecular weight is 153 g/mol. The zero-order chi connectivity index (χ0) is 7.68. The first-order valence-electron chi connectivity index (χ1n) is 3.73. The minimum absolute atomic E-state index is 0.786. The molecule has 0 saturated carbocycles. The molecular weight excluding hydrogens is 142 g/mol. The lowest BCUT2D eigenvalue weighted by Crippen LogP contribution is -2.11. The molecule has 2 heterocycles. The lowest BCUT2D eigenvalue weighted by Gasteiger charge is -1.99. The zero-order valence-electron chi connectivity index (χ0n) is 6.50. The Hall–Kier alpha value is -1.03. The molecule has 0 atom stereocenters. The van der Waals surface area contributed by atoms with Crippen LogP contribution in [0.15, 0.2) is 6.20 Å². The maximum atomic E-state index is 5.30. The SMILES string of the molecule is CNCc1ncc2n1CCO2. The van der Waals surface area contributed by atoms with Crippen LogP contribution in [0.5, 0.6) is 5.88 Å². The summed E-state index contributed by atoms with van der Waals surface area (Å²) in [6, 6.07) is 0. The molecule has 0 fully saturated rings. The molecule has 1 aliphatic rings. The Kier molecular flexibility index (Phi) is 1.54. The summed E-state index contributed by atoms with van der Waals surface area (Å²) in [7, 11) is 1.91. The smallest absolute Gasteiger partial charge is 0.214 e. The third-order valence-corrected chi connectivity index (χ3v) is 1.80. The van der Waals surface area contributed by atoms with Crippen LogP contribution >= 0.6 is 0 Å². The molecule has 2 rings (SSSR count). The highest BCUT2D eigenvalue weighted by molar-refractivity contribution is 5.14. The predicted octanol–water partition coefficient (Wildman–Crippen LogP) is -0.00510. The molecule has 0 saturated heterocycles. The fourth-order valence-electron chi connectivity index (χ4n) is 1.29. The predicted molar refractivity (Wildman–Crippen MR) is 40.5 cm³/mol. The van der Waals surface area contributed by atoms with E-state index in [-0.39, 0.29) is 0 Å². The van der Waals surface area contributed by atoms with Crippen molar-refractivity contribution in [3.63, 3.8) is 0 Å². The van der Waals surface area contributed by atoms with Gasteiger partial charge in [-0.1, -0.05) is 0 Å². The number of ether oxygens (including phenoxy) is 1. The summed E-state index contributed by atoms with van der Waals surface area (Å²) in [5, 5.41) is 3.06. The molecule has 0 unspecified atom stereocenters. The highest BCUT2D eigenvalue weighted by Crippen LogP contribution is 2.18. The Morgan fingerprint density at radius 1 is 1.82 bits per heavy atom. The summed E-state index contributed by atoms with van der Waals surface area (Å²) in [6.07, 6.45) is 1.78. The largest absolute Gasteiger partial charge is 0.476 e. The van der Waals surface area contributed by atoms with Crippen LogP contribution in [-0.4, -0.2) is 23.2 Å². The van der Waals surface area contributed by atoms with Crippen LogP contribution in [0.25, 0.3) is 0 Å². The Labute approximate surface area is 65.2 Å². The van der Waals surface area contributed by atoms with E-state index in [4.69, 9.17) is 4.74 Å². The van der Waals surface area contributed by atoms with E-state index in [0.29, 0.717) is 0 Å². The fourth-order valence-corrected chi connectivity index (χ4v) is 1.29. The second-order valence-electron chi connectivity index (χ2n) is 2.54. The van der Waals surface area contributed by atoms with Crippen molar-refractivity contribution in [2.24, 2.45) is 0 Å². The molecule has 0 amide bonds. The average Bonchev–Trinajstić information content (AvgIpc) is 2.53. The van der Waals surface area contributed by atoms with Crippen molar-refractivity contribution in [1.29, 1.82) is 0 Å². The van der Waals surface area contributed by atoms with Crippen molar-refractivity contribution < 1.29 is 4.74 Å². The summed E-state index contributed by atoms with van der Waals surface area (Å²) in [5.41, 5.74) is 0. The van der Waals surface area contributed by atoms with Gasteiger partial charge < -0.3 is 10.1 Å². The first kappa shape index (κ1) is 6.67. The van der Waals surface area contributed by atoms with Crippen molar-refractivity contribution in [1.82, 2.24) is 14.9 Å². The summed E-state index contributed by atoms with van der Waals surface area (Å²) in [4.78, 5) is 4.20. The number of fused-ring (bicyclic) bond motifs is 1. The van der Waals surface area contributed by atoms with E-state index in [2.05, 4.69) is 14.9 Å². The van der Waals surface area contributed by atoms with E-state index >= 15 is 0 Å². The number of nitrogens with zero attached hydrogens (tertiary/aromatic N) is 2. The van der Waals surface area contributed by atoms with Gasteiger partial charge in [0.05, 0.1) is 19.3 Å². The molecule has 0 aliphatic carbocycles. The lowest BCUT2D eigenvalue weighted by atomic mass is 10.5. The van der Waals surface area contributed by atoms with Crippen LogP contribution < -0.4 is 10.1 Å². The van der Waals surface area contributed by atoms with Gasteiger partial charge in [0.25, 0.3) is 0 Å². The van der Waals surface area contributed by atoms with Gasteiger partial charge in [0.2, 0.25) is 5.88 Å². The van der Waals surface area contributed by atoms with E-state index < -0.39 is 0 Å². The van der Waals surface area contributed by atoms with Crippen molar-refractivity contribution >= 4 is 0 Å². The van der Waals surface area contributed by atoms with Crippen LogP contribution in [0.4, 0.5) is 0 Å². The van der Waals surface area contributed by atoms with Crippen molar-refractivity contribution in [2.75, 3.05) is 13.7 Å². The van der Waals surface area contributed by atoms with Crippen LogP contribution in [0.3, 0.4) is 0 Å². The minimum Gasteiger partial charge on any atom is -0.476 e. The number of hydrogen-bond acceptors (Lipinski definition) is 3. The van der Waals surface area contributed by atoms with Crippen molar-refractivity contribution in [2.45, 2.75) is 13.1 Å². The Morgan fingerprint density at radius 2 is 2.73 bits per heavy atom. The Balaban J connectivity index is 2.27. The molecular formula is C7H11N3O. The summed E-state index contributed by atoms with van der Waals surface area (Å²) in [6.45, 7) is 2.53. The van der Waals surface area contributed by atoms with E-state index in [9.17, 15) is 0 Å². The summed E-state index contributed by atoms with van der Waals surface area (Å²) < 4.78 is 7.39. The van der Waals surface area contributed by atoms with Gasteiger partial charge in [0.1, 0.15) is 12.4 Å². The highest BCUT2D eigenvalue weighted by atomic mass is 16.5. The molecule has 0 aromatic carbocycles. The van der Waals surface area contributed by atoms with Gasteiger partial charge in [-0.15, -0.1) is 0 Å². The number of imidazole rings is 1. The molecule has 0 spiro atoms. The molecule has 11 heavy (non-hydrogen) atoms. The fraction of sp³-hybridized carbons (Fsp3) is 0.571. The van der Waals surface area contributed by atoms with E-state index in [1.54, 1.807) is 6.20 Å². The molecule has 0 bridgehead atoms. The van der Waals surface area contributed by atoms with Crippen molar-refractivity contribution in [3.05, 3.63) is 12.0 Å². The standard InChI is InChI=1S/C7H11N3O/c1-8-4-6-9-5-7-10(6)2-3-11-7/h5,8H,2-4H2,1H3. The second-order valence-corrected chi connectivity index (χ2v) is 2.54. The van der Waals surface area contributed by atoms with Gasteiger partial charge in [-0.05, 0) is 7.05 Å². The molecule has 0 radical (unpaired) electrons. The monoisotopic (exact) mass is 153 g/mol. The number of aromatic nitrogens is 2. The first-order chi connectivity index (χ1) is 5.42. The molecule has 1 aromatic heterocycles. The van der Waals surface area contributed by atoms with Crippen LogP contribution in [0, 0.1) is 0 Å². The van der Waals surface area contributed by atoms with E-state index in [0.717, 1.165) is 31.4 Å². The first-order valence-corrected chi connectivity index (χ1v) is 3.73. The van der Waals surface area contributed by atoms with Gasteiger partial charge in [-0.3, -0.25) is 4.57 Å². The lowest BCUT2D eigenvalue weighted by molar-refractivity contribution is 0.355. The normalized spacial score (nSPS) is 14.6. The minimum atomic E-state index is 0.786. The quantitative estimate of drug-likeness (QED) is 0.649. The summed E-state index contributed by atoms with van der Waals surface area (Å²) in [5.74, 6) is 1.95. The Bertz CT molecular complexity index is 256. The Morgan fingerprint density at radius 3 is 3.55 bits per heavy atom. The van der Waals surface area contributed by atoms with Gasteiger partial charge in [-0.25, -0.2) is 4.98 Å². The van der Waals surface area contributed by atoms with E-state index in [1.807, 2.05) is 7.05 Å². The van der Waals surface area contributed by atoms with Crippen LogP contribution in [-0.2, 0) is 13.1 Å². The topological polar surface area (TPSA) is 39.1 Å². The maximum absolute atomic E-state index is 5.30. The highest BCUT2D eigenvalue weighted by Gasteiger charge is 2.15. The molecule has 60 valence electrons. The molecule has 1 aliphatic heterocycles. The number of rotatable bonds is 2. The van der Waals surface area contributed by atoms with Crippen LogP contribution in [0.1, 0.15) is 5.82 Å². The van der Waals surface area contributed by atoms with Gasteiger partial charge in [0, 0.05) is 0 Å². The van der Waals surface area contributed by atoms with Gasteiger partial charge >= 0.3 is 0 Å². The number of hydrogen-bond donors (Lipinski definition) is 1. The number of nitrogens with one attached hydrogen (secondary N) is 1. The zero-order valence-corrected chi connectivity index (χ0v) is 6.50.